The largest absolute Gasteiger partial charge is 0.504 e. The minimum Gasteiger partial charge on any atom is -0.504 e. The maximum Gasteiger partial charge on any atom is 0.241 e. The van der Waals surface area contributed by atoms with Gasteiger partial charge in [0.1, 0.15) is 5.82 Å². The van der Waals surface area contributed by atoms with E-state index in [2.05, 4.69) is 9.97 Å². The van der Waals surface area contributed by atoms with E-state index in [1.807, 2.05) is 30.1 Å². The molecule has 0 unspecified atom stereocenters. The summed E-state index contributed by atoms with van der Waals surface area (Å²) in [6, 6.07) is 8.84. The predicted molar refractivity (Wildman–Crippen MR) is 101 cm³/mol. The van der Waals surface area contributed by atoms with Gasteiger partial charge in [0.25, 0.3) is 0 Å². The molecule has 1 aliphatic rings. The fraction of sp³-hybridized carbons (Fsp3) is 0.263. The first kappa shape index (κ1) is 17.0. The number of carbonyl (C=O) groups is 1. The van der Waals surface area contributed by atoms with Crippen LogP contribution in [0.3, 0.4) is 0 Å². The predicted octanol–water partition coefficient (Wildman–Crippen LogP) is 1.93. The molecular formula is C19H20N4O4. The summed E-state index contributed by atoms with van der Waals surface area (Å²) in [5.41, 5.74) is 3.11. The molecule has 0 spiro atoms. The molecule has 1 saturated heterocycles. The molecule has 0 saturated carbocycles. The molecule has 0 atom stereocenters. The van der Waals surface area contributed by atoms with Crippen LogP contribution in [-0.2, 0) is 4.79 Å². The summed E-state index contributed by atoms with van der Waals surface area (Å²) in [6.45, 7) is 1.81. The highest BCUT2D eigenvalue weighted by Crippen LogP contribution is 2.39. The number of likely N-dealkylation sites (N-methyl/N-ethyl adjacent to an activating group) is 1. The summed E-state index contributed by atoms with van der Waals surface area (Å²) in [6.07, 6.45) is 0. The second-order valence-corrected chi connectivity index (χ2v) is 6.57. The number of imidazole rings is 1. The van der Waals surface area contributed by atoms with Crippen molar-refractivity contribution in [2.75, 3.05) is 38.7 Å². The number of aromatic amines is 1. The molecule has 0 aliphatic carbocycles. The highest BCUT2D eigenvalue weighted by atomic mass is 16.5. The topological polar surface area (TPSA) is 102 Å². The van der Waals surface area contributed by atoms with Crippen LogP contribution in [0.25, 0.3) is 22.4 Å². The minimum absolute atomic E-state index is 0.0933. The van der Waals surface area contributed by atoms with Crippen LogP contribution in [0.2, 0.25) is 0 Å². The lowest BCUT2D eigenvalue weighted by Crippen LogP contribution is -2.48. The maximum atomic E-state index is 12.0. The number of ether oxygens (including phenoxy) is 1. The van der Waals surface area contributed by atoms with Gasteiger partial charge in [0.2, 0.25) is 11.7 Å². The van der Waals surface area contributed by atoms with Crippen LogP contribution in [0.15, 0.2) is 30.3 Å². The van der Waals surface area contributed by atoms with Crippen LogP contribution in [-0.4, -0.2) is 64.8 Å². The molecule has 1 fully saturated rings. The SMILES string of the molecule is COc1cc(-c2nc3cc(N4CCN(C)C(=O)C4)ccc3[nH]2)cc(O)c1O. The second kappa shape index (κ2) is 6.39. The summed E-state index contributed by atoms with van der Waals surface area (Å²) < 4.78 is 5.08. The Hall–Kier alpha value is -3.42. The lowest BCUT2D eigenvalue weighted by Gasteiger charge is -2.33. The van der Waals surface area contributed by atoms with Gasteiger partial charge in [0.15, 0.2) is 11.5 Å². The van der Waals surface area contributed by atoms with Gasteiger partial charge < -0.3 is 29.7 Å². The molecule has 4 rings (SSSR count). The van der Waals surface area contributed by atoms with E-state index in [0.717, 1.165) is 23.3 Å². The van der Waals surface area contributed by atoms with E-state index < -0.39 is 0 Å². The van der Waals surface area contributed by atoms with Gasteiger partial charge in [-0.05, 0) is 30.3 Å². The van der Waals surface area contributed by atoms with Crippen LogP contribution < -0.4 is 9.64 Å². The van der Waals surface area contributed by atoms with Gasteiger partial charge in [-0.15, -0.1) is 0 Å². The number of amides is 1. The molecule has 0 bridgehead atoms. The first-order valence-electron chi connectivity index (χ1n) is 8.55. The van der Waals surface area contributed by atoms with Crippen LogP contribution in [0, 0.1) is 0 Å². The zero-order valence-electron chi connectivity index (χ0n) is 15.1. The molecular weight excluding hydrogens is 348 g/mol. The van der Waals surface area contributed by atoms with Crippen molar-refractivity contribution in [1.82, 2.24) is 14.9 Å². The number of phenolic OH excluding ortho intramolecular Hbond substituents is 2. The highest BCUT2D eigenvalue weighted by molar-refractivity contribution is 5.86. The Morgan fingerprint density at radius 2 is 2.00 bits per heavy atom. The van der Waals surface area contributed by atoms with Gasteiger partial charge in [-0.25, -0.2) is 4.98 Å². The molecule has 8 heteroatoms. The summed E-state index contributed by atoms with van der Waals surface area (Å²) in [7, 11) is 3.23. The van der Waals surface area contributed by atoms with E-state index in [1.165, 1.54) is 13.2 Å². The molecule has 140 valence electrons. The Kier molecular flexibility index (Phi) is 4.02. The number of H-pyrrole nitrogens is 1. The van der Waals surface area contributed by atoms with Crippen molar-refractivity contribution in [3.63, 3.8) is 0 Å². The van der Waals surface area contributed by atoms with Gasteiger partial charge in [-0.2, -0.15) is 0 Å². The van der Waals surface area contributed by atoms with Crippen LogP contribution in [0.4, 0.5) is 5.69 Å². The van der Waals surface area contributed by atoms with Crippen molar-refractivity contribution in [3.05, 3.63) is 30.3 Å². The molecule has 3 N–H and O–H groups in total. The van der Waals surface area contributed by atoms with Gasteiger partial charge in [0.05, 0.1) is 24.7 Å². The Labute approximate surface area is 155 Å². The average molecular weight is 368 g/mol. The molecule has 2 aromatic carbocycles. The number of rotatable bonds is 3. The van der Waals surface area contributed by atoms with E-state index in [1.54, 1.807) is 11.0 Å². The number of anilines is 1. The van der Waals surface area contributed by atoms with E-state index in [-0.39, 0.29) is 23.2 Å². The van der Waals surface area contributed by atoms with Gasteiger partial charge in [-0.1, -0.05) is 0 Å². The third-order valence-corrected chi connectivity index (χ3v) is 4.84. The Morgan fingerprint density at radius 1 is 1.19 bits per heavy atom. The average Bonchev–Trinajstić information content (AvgIpc) is 3.09. The number of phenols is 2. The summed E-state index contributed by atoms with van der Waals surface area (Å²) in [5, 5.41) is 19.7. The molecule has 1 amide bonds. The third-order valence-electron chi connectivity index (χ3n) is 4.84. The van der Waals surface area contributed by atoms with Gasteiger partial charge in [-0.3, -0.25) is 4.79 Å². The summed E-state index contributed by atoms with van der Waals surface area (Å²) in [5.74, 6) is 0.226. The standard InChI is InChI=1S/C19H20N4O4/c1-22-5-6-23(10-17(22)25)12-3-4-13-14(9-12)21-19(20-13)11-7-15(24)18(26)16(8-11)27-2/h3-4,7-9,24,26H,5-6,10H2,1-2H3,(H,20,21). The lowest BCUT2D eigenvalue weighted by atomic mass is 10.1. The molecule has 8 nitrogen and oxygen atoms in total. The zero-order valence-corrected chi connectivity index (χ0v) is 15.1. The van der Waals surface area contributed by atoms with Crippen molar-refractivity contribution in [2.24, 2.45) is 0 Å². The fourth-order valence-corrected chi connectivity index (χ4v) is 3.19. The lowest BCUT2D eigenvalue weighted by molar-refractivity contribution is -0.129. The molecule has 2 heterocycles. The van der Waals surface area contributed by atoms with Gasteiger partial charge in [0, 0.05) is 31.4 Å². The Balaban J connectivity index is 1.69. The van der Waals surface area contributed by atoms with Crippen molar-refractivity contribution in [1.29, 1.82) is 0 Å². The monoisotopic (exact) mass is 368 g/mol. The highest BCUT2D eigenvalue weighted by Gasteiger charge is 2.21. The number of fused-ring (bicyclic) bond motifs is 1. The van der Waals surface area contributed by atoms with Gasteiger partial charge >= 0.3 is 0 Å². The smallest absolute Gasteiger partial charge is 0.241 e. The number of carbonyl (C=O) groups excluding carboxylic acids is 1. The van der Waals surface area contributed by atoms with Crippen molar-refractivity contribution in [2.45, 2.75) is 0 Å². The van der Waals surface area contributed by atoms with Crippen LogP contribution in [0.5, 0.6) is 17.2 Å². The number of methoxy groups -OCH3 is 1. The van der Waals surface area contributed by atoms with Crippen molar-refractivity contribution < 1.29 is 19.7 Å². The number of piperazine rings is 1. The Morgan fingerprint density at radius 3 is 2.74 bits per heavy atom. The maximum absolute atomic E-state index is 12.0. The minimum atomic E-state index is -0.306. The van der Waals surface area contributed by atoms with E-state index >= 15 is 0 Å². The number of nitrogens with zero attached hydrogens (tertiary/aromatic N) is 3. The fourth-order valence-electron chi connectivity index (χ4n) is 3.19. The molecule has 1 aromatic heterocycles. The third kappa shape index (κ3) is 2.99. The number of aromatic nitrogens is 2. The number of aromatic hydroxyl groups is 2. The normalized spacial score (nSPS) is 14.8. The first-order chi connectivity index (χ1) is 13.0. The second-order valence-electron chi connectivity index (χ2n) is 6.57. The van der Waals surface area contributed by atoms with Crippen molar-refractivity contribution in [3.8, 4) is 28.6 Å². The number of hydrogen-bond acceptors (Lipinski definition) is 6. The summed E-state index contributed by atoms with van der Waals surface area (Å²) >= 11 is 0. The number of benzene rings is 2. The van der Waals surface area contributed by atoms with Crippen molar-refractivity contribution >= 4 is 22.6 Å². The molecule has 3 aromatic rings. The van der Waals surface area contributed by atoms with E-state index in [0.29, 0.717) is 24.5 Å². The summed E-state index contributed by atoms with van der Waals surface area (Å²) in [4.78, 5) is 23.5. The van der Waals surface area contributed by atoms with Crippen LogP contribution in [0.1, 0.15) is 0 Å². The quantitative estimate of drug-likeness (QED) is 0.611. The molecule has 27 heavy (non-hydrogen) atoms. The molecule has 1 aliphatic heterocycles. The Bertz CT molecular complexity index is 1030. The zero-order chi connectivity index (χ0) is 19.1. The van der Waals surface area contributed by atoms with E-state index in [4.69, 9.17) is 4.74 Å². The number of hydrogen-bond donors (Lipinski definition) is 3. The number of nitrogens with one attached hydrogen (secondary N) is 1. The van der Waals surface area contributed by atoms with Crippen LogP contribution >= 0.6 is 0 Å². The van der Waals surface area contributed by atoms with E-state index in [9.17, 15) is 15.0 Å². The molecule has 0 radical (unpaired) electrons. The first-order valence-corrected chi connectivity index (χ1v) is 8.55.